The maximum absolute atomic E-state index is 17.5. The molecule has 5 aromatic rings. The van der Waals surface area contributed by atoms with Gasteiger partial charge in [-0.1, -0.05) is 18.1 Å². The van der Waals surface area contributed by atoms with Gasteiger partial charge in [-0.15, -0.1) is 6.42 Å². The van der Waals surface area contributed by atoms with Gasteiger partial charge in [0.2, 0.25) is 17.7 Å². The zero-order chi connectivity index (χ0) is 49.9. The summed E-state index contributed by atoms with van der Waals surface area (Å²) in [7, 11) is 1.53. The van der Waals surface area contributed by atoms with E-state index < -0.39 is 11.9 Å². The molecule has 73 heavy (non-hydrogen) atoms. The summed E-state index contributed by atoms with van der Waals surface area (Å²) in [6.07, 6.45) is 13.1. The van der Waals surface area contributed by atoms with Crippen molar-refractivity contribution in [1.82, 2.24) is 39.9 Å². The van der Waals surface area contributed by atoms with Crippen molar-refractivity contribution in [2.24, 2.45) is 11.3 Å². The number of anilines is 2. The predicted molar refractivity (Wildman–Crippen MR) is 273 cm³/mol. The minimum Gasteiger partial charge on any atom is -0.508 e. The molecule has 3 aromatic carbocycles. The van der Waals surface area contributed by atoms with Gasteiger partial charge in [0, 0.05) is 129 Å². The van der Waals surface area contributed by atoms with E-state index in [4.69, 9.17) is 30.8 Å². The van der Waals surface area contributed by atoms with Crippen LogP contribution in [0.1, 0.15) is 79.8 Å². The van der Waals surface area contributed by atoms with Gasteiger partial charge in [-0.25, -0.2) is 9.37 Å². The van der Waals surface area contributed by atoms with E-state index in [0.29, 0.717) is 76.2 Å². The number of piperazine rings is 2. The van der Waals surface area contributed by atoms with Crippen molar-refractivity contribution < 1.29 is 33.4 Å². The normalized spacial score (nSPS) is 26.0. The zero-order valence-electron chi connectivity index (χ0n) is 41.5. The molecule has 2 aromatic heterocycles. The smallest absolute Gasteiger partial charge is 0.319 e. The number of ether oxygens (including phenoxy) is 2. The van der Waals surface area contributed by atoms with Gasteiger partial charge in [-0.05, 0) is 105 Å². The van der Waals surface area contributed by atoms with Crippen molar-refractivity contribution in [3.63, 3.8) is 0 Å². The lowest BCUT2D eigenvalue weighted by molar-refractivity contribution is -0.194. The molecule has 0 radical (unpaired) electrons. The number of rotatable bonds is 12. The summed E-state index contributed by atoms with van der Waals surface area (Å²) >= 11 is 0. The fourth-order valence-corrected chi connectivity index (χ4v) is 13.8. The second-order valence-electron chi connectivity index (χ2n) is 22.4. The minimum absolute atomic E-state index is 0.0252. The van der Waals surface area contributed by atoms with Crippen molar-refractivity contribution in [3.8, 4) is 41.2 Å². The first-order valence-electron chi connectivity index (χ1n) is 26.2. The molecule has 0 bridgehead atoms. The van der Waals surface area contributed by atoms with Crippen LogP contribution in [0.3, 0.4) is 0 Å². The van der Waals surface area contributed by atoms with Crippen LogP contribution in [0.2, 0.25) is 0 Å². The second-order valence-corrected chi connectivity index (χ2v) is 22.4. The van der Waals surface area contributed by atoms with Crippen LogP contribution < -0.4 is 24.6 Å². The first kappa shape index (κ1) is 46.2. The average molecular weight is 989 g/mol. The molecule has 17 heteroatoms. The fourth-order valence-electron chi connectivity index (χ4n) is 13.8. The number of benzene rings is 3. The number of methoxy groups -OCH3 is 1. The summed E-state index contributed by atoms with van der Waals surface area (Å²) < 4.78 is 30.1. The highest BCUT2D eigenvalue weighted by atomic mass is 19.1. The number of carbonyl (C=O) groups is 3. The van der Waals surface area contributed by atoms with Crippen molar-refractivity contribution in [2.75, 3.05) is 89.0 Å². The number of aromatic nitrogens is 3. The molecule has 8 aliphatic rings. The number of hydrogen-bond donors (Lipinski definition) is 2. The number of nitrogens with one attached hydrogen (secondary N) is 1. The number of carbonyl (C=O) groups excluding carboxylic acids is 3. The molecule has 9 heterocycles. The topological polar surface area (TPSA) is 160 Å². The largest absolute Gasteiger partial charge is 0.508 e. The zero-order valence-corrected chi connectivity index (χ0v) is 41.5. The Morgan fingerprint density at radius 3 is 2.37 bits per heavy atom. The van der Waals surface area contributed by atoms with Crippen LogP contribution in [0.25, 0.3) is 32.9 Å². The Balaban J connectivity index is 0.668. The molecular formula is C56H61FN10O6. The number of fused-ring (bicyclic) bond motifs is 3. The van der Waals surface area contributed by atoms with Crippen LogP contribution >= 0.6 is 0 Å². The Labute approximate surface area is 423 Å². The Bertz CT molecular complexity index is 3140. The van der Waals surface area contributed by atoms with Crippen LogP contribution in [-0.2, 0) is 16.1 Å². The summed E-state index contributed by atoms with van der Waals surface area (Å²) in [6.45, 7) is 12.6. The molecule has 3 atom stereocenters. The minimum atomic E-state index is -0.662. The van der Waals surface area contributed by atoms with E-state index in [9.17, 15) is 19.5 Å². The van der Waals surface area contributed by atoms with E-state index in [1.165, 1.54) is 13.2 Å². The molecule has 3 amide bonds. The van der Waals surface area contributed by atoms with E-state index in [1.54, 1.807) is 17.0 Å². The summed E-state index contributed by atoms with van der Waals surface area (Å²) in [5.41, 5.74) is 3.87. The molecule has 6 saturated heterocycles. The lowest BCUT2D eigenvalue weighted by Gasteiger charge is -2.73. The number of hydrogen-bond acceptors (Lipinski definition) is 14. The second kappa shape index (κ2) is 17.5. The molecule has 378 valence electrons. The Kier molecular flexibility index (Phi) is 11.1. The SMILES string of the molecule is C#Cc1cccc2cc(O)cc(-c3nc(OC)c4c(N5CC6CC7(C)CC(C5)N67)nc(OCC5(CN6CCN(CC7CCN(c8ccc9c(c8)CN(C8CCC(=O)NC8=O)C9=O)CC7)CC6)CC5)nc4c3F)c12. The number of aromatic hydroxyl groups is 1. The maximum Gasteiger partial charge on any atom is 0.319 e. The third-order valence-electron chi connectivity index (χ3n) is 17.7. The standard InChI is InChI=1S/C56H61FN10O6/c1-4-34-6-5-7-35-23-40(68)24-42(45(34)35)48-47(57)49-46(52(59-48)72-3)50(65-29-38-25-55(2)26-39(30-65)67(38)55)61-54(60-49)73-32-56(14-15-56)31-63-20-18-62(19-21-63)27-33-12-16-64(17-13-33)37-8-9-41-36(22-37)28-66(53(41)71)43-10-11-44(69)58-51(43)70/h1,5-9,22-24,33,38-39,43,68H,10-21,25-32H2,2-3H3,(H,58,69,70). The van der Waals surface area contributed by atoms with Crippen LogP contribution in [0.5, 0.6) is 17.6 Å². The van der Waals surface area contributed by atoms with Gasteiger partial charge >= 0.3 is 6.01 Å². The summed E-state index contributed by atoms with van der Waals surface area (Å²) in [6, 6.07) is 14.9. The first-order chi connectivity index (χ1) is 35.4. The quantitative estimate of drug-likeness (QED) is 0.118. The highest BCUT2D eigenvalue weighted by Gasteiger charge is 2.62. The first-order valence-corrected chi connectivity index (χ1v) is 26.2. The van der Waals surface area contributed by atoms with E-state index in [1.807, 2.05) is 24.3 Å². The van der Waals surface area contributed by atoms with Gasteiger partial charge < -0.3 is 39.1 Å². The molecule has 2 N–H and O–H groups in total. The van der Waals surface area contributed by atoms with E-state index >= 15 is 4.39 Å². The average Bonchev–Trinajstić information content (AvgIpc) is 4.07. The molecule has 7 aliphatic heterocycles. The number of phenols is 1. The highest BCUT2D eigenvalue weighted by molar-refractivity contribution is 6.06. The van der Waals surface area contributed by atoms with E-state index in [0.717, 1.165) is 115 Å². The van der Waals surface area contributed by atoms with Crippen molar-refractivity contribution >= 4 is 50.9 Å². The summed E-state index contributed by atoms with van der Waals surface area (Å²) in [5, 5.41) is 14.9. The van der Waals surface area contributed by atoms with Gasteiger partial charge in [-0.2, -0.15) is 9.97 Å². The molecule has 0 spiro atoms. The lowest BCUT2D eigenvalue weighted by Crippen LogP contribution is -2.83. The van der Waals surface area contributed by atoms with Crippen molar-refractivity contribution in [3.05, 3.63) is 71.0 Å². The Morgan fingerprint density at radius 1 is 0.890 bits per heavy atom. The van der Waals surface area contributed by atoms with Crippen LogP contribution in [-0.4, -0.2) is 160 Å². The summed E-state index contributed by atoms with van der Waals surface area (Å²) in [5.74, 6) is 2.58. The van der Waals surface area contributed by atoms with Gasteiger partial charge in [0.1, 0.15) is 34.2 Å². The van der Waals surface area contributed by atoms with E-state index in [2.05, 4.69) is 48.7 Å². The molecule has 3 unspecified atom stereocenters. The molecule has 1 aliphatic carbocycles. The van der Waals surface area contributed by atoms with E-state index in [-0.39, 0.29) is 63.9 Å². The van der Waals surface area contributed by atoms with Crippen LogP contribution in [0, 0.1) is 29.5 Å². The number of piperidine rings is 3. The number of pyridine rings is 1. The Morgan fingerprint density at radius 2 is 1.66 bits per heavy atom. The number of phenolic OH excluding ortho intramolecular Hbond substituents is 1. The number of imide groups is 1. The third-order valence-corrected chi connectivity index (χ3v) is 17.7. The number of nitrogens with zero attached hydrogens (tertiary/aromatic N) is 9. The van der Waals surface area contributed by atoms with Crippen LogP contribution in [0.4, 0.5) is 15.9 Å². The van der Waals surface area contributed by atoms with Gasteiger partial charge in [0.25, 0.3) is 5.91 Å². The number of amides is 3. The van der Waals surface area contributed by atoms with Gasteiger partial charge in [0.05, 0.1) is 13.7 Å². The van der Waals surface area contributed by atoms with Crippen LogP contribution in [0.15, 0.2) is 48.5 Å². The van der Waals surface area contributed by atoms with Gasteiger partial charge in [0.15, 0.2) is 5.82 Å². The van der Waals surface area contributed by atoms with Crippen molar-refractivity contribution in [2.45, 2.75) is 88.5 Å². The summed E-state index contributed by atoms with van der Waals surface area (Å²) in [4.78, 5) is 66.4. The fraction of sp³-hybridized carbons (Fsp3) is 0.500. The number of halogens is 1. The Hall–Kier alpha value is -6.61. The maximum atomic E-state index is 17.5. The third kappa shape index (κ3) is 7.99. The molecule has 7 fully saturated rings. The lowest BCUT2D eigenvalue weighted by atomic mass is 9.64. The molecule has 13 rings (SSSR count). The van der Waals surface area contributed by atoms with Gasteiger partial charge in [-0.3, -0.25) is 24.6 Å². The molecule has 16 nitrogen and oxygen atoms in total. The molecular weight excluding hydrogens is 928 g/mol. The predicted octanol–water partition coefficient (Wildman–Crippen LogP) is 5.56. The molecule has 1 saturated carbocycles. The van der Waals surface area contributed by atoms with Crippen molar-refractivity contribution in [1.29, 1.82) is 0 Å². The monoisotopic (exact) mass is 988 g/mol. The number of terminal acetylenes is 1. The highest BCUT2D eigenvalue weighted by Crippen LogP contribution is 2.55.